The summed E-state index contributed by atoms with van der Waals surface area (Å²) in [5.41, 5.74) is 0.545. The van der Waals surface area contributed by atoms with Crippen LogP contribution in [0, 0.1) is 5.82 Å². The van der Waals surface area contributed by atoms with E-state index in [0.29, 0.717) is 5.56 Å². The van der Waals surface area contributed by atoms with E-state index in [1.54, 1.807) is 13.0 Å². The number of nitrogens with one attached hydrogen (secondary N) is 1. The van der Waals surface area contributed by atoms with Crippen LogP contribution in [-0.4, -0.2) is 21.8 Å². The maximum absolute atomic E-state index is 13.3. The molecule has 1 aromatic carbocycles. The number of rotatable bonds is 4. The molecule has 1 unspecified atom stereocenters. The van der Waals surface area contributed by atoms with Crippen LogP contribution in [0.3, 0.4) is 0 Å². The van der Waals surface area contributed by atoms with Gasteiger partial charge in [-0.05, 0) is 24.6 Å². The summed E-state index contributed by atoms with van der Waals surface area (Å²) in [4.78, 5) is 0. The van der Waals surface area contributed by atoms with Gasteiger partial charge in [0.1, 0.15) is 0 Å². The Bertz CT molecular complexity index is 473. The fourth-order valence-electron chi connectivity index (χ4n) is 1.34. The van der Waals surface area contributed by atoms with Crippen molar-refractivity contribution in [1.29, 1.82) is 0 Å². The topological polar surface area (TPSA) is 55.4 Å². The minimum absolute atomic E-state index is 0.135. The quantitative estimate of drug-likeness (QED) is 0.876. The van der Waals surface area contributed by atoms with E-state index < -0.39 is 21.9 Å². The Morgan fingerprint density at radius 3 is 2.50 bits per heavy atom. The van der Waals surface area contributed by atoms with Gasteiger partial charge in [-0.15, -0.1) is 0 Å². The van der Waals surface area contributed by atoms with Gasteiger partial charge in [-0.1, -0.05) is 6.07 Å². The van der Waals surface area contributed by atoms with Gasteiger partial charge in [-0.3, -0.25) is 0 Å². The van der Waals surface area contributed by atoms with Crippen LogP contribution in [0.15, 0.2) is 18.2 Å². The molecule has 6 heteroatoms. The van der Waals surface area contributed by atoms with Crippen LogP contribution in [-0.2, 0) is 10.0 Å². The predicted molar refractivity (Wildman–Crippen MR) is 59.3 cm³/mol. The monoisotopic (exact) mass is 247 g/mol. The van der Waals surface area contributed by atoms with Crippen molar-refractivity contribution < 1.29 is 17.5 Å². The molecule has 0 heterocycles. The first-order valence-corrected chi connectivity index (χ1v) is 6.53. The van der Waals surface area contributed by atoms with E-state index >= 15 is 0 Å². The molecule has 0 bridgehead atoms. The molecule has 0 fully saturated rings. The van der Waals surface area contributed by atoms with Crippen LogP contribution < -0.4 is 9.46 Å². The van der Waals surface area contributed by atoms with E-state index in [0.717, 1.165) is 6.26 Å². The van der Waals surface area contributed by atoms with Gasteiger partial charge < -0.3 is 4.74 Å². The van der Waals surface area contributed by atoms with Crippen LogP contribution in [0.4, 0.5) is 4.39 Å². The number of ether oxygens (including phenoxy) is 1. The van der Waals surface area contributed by atoms with Gasteiger partial charge in [-0.2, -0.15) is 0 Å². The highest BCUT2D eigenvalue weighted by atomic mass is 32.2. The third-order valence-electron chi connectivity index (χ3n) is 2.07. The lowest BCUT2D eigenvalue weighted by atomic mass is 10.1. The van der Waals surface area contributed by atoms with Gasteiger partial charge in [0, 0.05) is 6.04 Å². The molecule has 1 N–H and O–H groups in total. The number of hydrogen-bond donors (Lipinski definition) is 1. The molecule has 1 rings (SSSR count). The minimum Gasteiger partial charge on any atom is -0.494 e. The molecule has 90 valence electrons. The summed E-state index contributed by atoms with van der Waals surface area (Å²) >= 11 is 0. The van der Waals surface area contributed by atoms with Crippen molar-refractivity contribution in [2.45, 2.75) is 13.0 Å². The number of methoxy groups -OCH3 is 1. The van der Waals surface area contributed by atoms with Crippen molar-refractivity contribution in [2.24, 2.45) is 0 Å². The molecule has 1 aromatic rings. The highest BCUT2D eigenvalue weighted by molar-refractivity contribution is 7.88. The largest absolute Gasteiger partial charge is 0.494 e. The highest BCUT2D eigenvalue weighted by Gasteiger charge is 2.13. The van der Waals surface area contributed by atoms with Crippen molar-refractivity contribution in [1.82, 2.24) is 4.72 Å². The zero-order valence-electron chi connectivity index (χ0n) is 9.32. The average Bonchev–Trinajstić information content (AvgIpc) is 2.15. The second kappa shape index (κ2) is 4.80. The Balaban J connectivity index is 2.93. The second-order valence-corrected chi connectivity index (χ2v) is 5.29. The van der Waals surface area contributed by atoms with Crippen LogP contribution >= 0.6 is 0 Å². The predicted octanol–water partition coefficient (Wildman–Crippen LogP) is 1.44. The number of sulfonamides is 1. The molecule has 0 aliphatic carbocycles. The molecule has 1 atom stereocenters. The fourth-order valence-corrected chi connectivity index (χ4v) is 2.12. The van der Waals surface area contributed by atoms with Gasteiger partial charge in [0.05, 0.1) is 13.4 Å². The summed E-state index contributed by atoms with van der Waals surface area (Å²) in [6.45, 7) is 1.64. The molecule has 0 saturated heterocycles. The third-order valence-corrected chi connectivity index (χ3v) is 2.85. The average molecular weight is 247 g/mol. The number of benzene rings is 1. The van der Waals surface area contributed by atoms with E-state index in [1.807, 2.05) is 0 Å². The van der Waals surface area contributed by atoms with E-state index in [1.165, 1.54) is 19.2 Å². The molecule has 0 amide bonds. The van der Waals surface area contributed by atoms with E-state index in [4.69, 9.17) is 4.74 Å². The smallest absolute Gasteiger partial charge is 0.209 e. The van der Waals surface area contributed by atoms with Crippen molar-refractivity contribution in [2.75, 3.05) is 13.4 Å². The molecular formula is C10H14FNO3S. The molecular weight excluding hydrogens is 233 g/mol. The molecule has 4 nitrogen and oxygen atoms in total. The lowest BCUT2D eigenvalue weighted by Gasteiger charge is -2.13. The Labute approximate surface area is 94.5 Å². The lowest BCUT2D eigenvalue weighted by Crippen LogP contribution is -2.25. The van der Waals surface area contributed by atoms with Gasteiger partial charge >= 0.3 is 0 Å². The Kier molecular flexibility index (Phi) is 3.88. The summed E-state index contributed by atoms with van der Waals surface area (Å²) in [7, 11) is -1.93. The van der Waals surface area contributed by atoms with E-state index in [-0.39, 0.29) is 5.75 Å². The van der Waals surface area contributed by atoms with E-state index in [2.05, 4.69) is 4.72 Å². The van der Waals surface area contributed by atoms with Gasteiger partial charge in [0.25, 0.3) is 0 Å². The molecule has 0 aliphatic heterocycles. The lowest BCUT2D eigenvalue weighted by molar-refractivity contribution is 0.386. The number of halogens is 1. The molecule has 0 aromatic heterocycles. The Morgan fingerprint density at radius 1 is 1.44 bits per heavy atom. The molecule has 0 aliphatic rings. The first-order chi connectivity index (χ1) is 7.33. The fraction of sp³-hybridized carbons (Fsp3) is 0.400. The van der Waals surface area contributed by atoms with Crippen LogP contribution in [0.25, 0.3) is 0 Å². The van der Waals surface area contributed by atoms with Crippen molar-refractivity contribution in [3.63, 3.8) is 0 Å². The molecule has 16 heavy (non-hydrogen) atoms. The number of hydrogen-bond acceptors (Lipinski definition) is 3. The Morgan fingerprint density at radius 2 is 2.06 bits per heavy atom. The van der Waals surface area contributed by atoms with Crippen molar-refractivity contribution in [3.05, 3.63) is 29.6 Å². The minimum atomic E-state index is -3.30. The van der Waals surface area contributed by atoms with Crippen LogP contribution in [0.2, 0.25) is 0 Å². The van der Waals surface area contributed by atoms with Gasteiger partial charge in [0.15, 0.2) is 11.6 Å². The second-order valence-electron chi connectivity index (χ2n) is 3.51. The molecule has 0 saturated carbocycles. The van der Waals surface area contributed by atoms with Gasteiger partial charge in [0.2, 0.25) is 10.0 Å². The summed E-state index contributed by atoms with van der Waals surface area (Å²) < 4.78 is 42.5. The maximum atomic E-state index is 13.3. The maximum Gasteiger partial charge on any atom is 0.209 e. The van der Waals surface area contributed by atoms with Gasteiger partial charge in [-0.25, -0.2) is 17.5 Å². The third kappa shape index (κ3) is 3.46. The normalized spacial score (nSPS) is 13.5. The Hall–Kier alpha value is -1.14. The summed E-state index contributed by atoms with van der Waals surface area (Å²) in [6.07, 6.45) is 1.06. The van der Waals surface area contributed by atoms with Crippen LogP contribution in [0.5, 0.6) is 5.75 Å². The first-order valence-electron chi connectivity index (χ1n) is 4.64. The van der Waals surface area contributed by atoms with E-state index in [9.17, 15) is 12.8 Å². The zero-order chi connectivity index (χ0) is 12.3. The summed E-state index contributed by atoms with van der Waals surface area (Å²) in [5, 5.41) is 0. The standard InChI is InChI=1S/C10H14FNO3S/c1-7(12-16(3,13)14)8-4-5-10(15-2)9(11)6-8/h4-7,12H,1-3H3. The summed E-state index contributed by atoms with van der Waals surface area (Å²) in [6, 6.07) is 3.85. The summed E-state index contributed by atoms with van der Waals surface area (Å²) in [5.74, 6) is -0.377. The van der Waals surface area contributed by atoms with Crippen molar-refractivity contribution in [3.8, 4) is 5.75 Å². The van der Waals surface area contributed by atoms with Crippen molar-refractivity contribution >= 4 is 10.0 Å². The zero-order valence-corrected chi connectivity index (χ0v) is 10.1. The molecule has 0 spiro atoms. The molecule has 0 radical (unpaired) electrons. The SMILES string of the molecule is COc1ccc(C(C)NS(C)(=O)=O)cc1F. The first kappa shape index (κ1) is 12.9. The highest BCUT2D eigenvalue weighted by Crippen LogP contribution is 2.21. The van der Waals surface area contributed by atoms with Crippen LogP contribution in [0.1, 0.15) is 18.5 Å².